The van der Waals surface area contributed by atoms with Gasteiger partial charge in [0.05, 0.1) is 11.8 Å². The van der Waals surface area contributed by atoms with E-state index in [0.29, 0.717) is 6.42 Å². The Kier molecular flexibility index (Phi) is 4.97. The van der Waals surface area contributed by atoms with Crippen LogP contribution in [0.1, 0.15) is 46.5 Å². The molecule has 17 heavy (non-hydrogen) atoms. The molecule has 2 atom stereocenters. The lowest BCUT2D eigenvalue weighted by atomic mass is 10.2. The summed E-state index contributed by atoms with van der Waals surface area (Å²) in [5.41, 5.74) is 0. The van der Waals surface area contributed by atoms with Crippen LogP contribution < -0.4 is 0 Å². The van der Waals surface area contributed by atoms with Crippen molar-refractivity contribution in [3.05, 3.63) is 0 Å². The molecular weight excluding hydrogens is 218 g/mol. The predicted molar refractivity (Wildman–Crippen MR) is 65.6 cm³/mol. The van der Waals surface area contributed by atoms with Gasteiger partial charge >= 0.3 is 5.97 Å². The SMILES string of the molecule is CCCCCN(C(=O)[C@@H]1C[C@@H]1C(=O)O)C(C)C. The predicted octanol–water partition coefficient (Wildman–Crippen LogP) is 2.13. The molecule has 1 saturated carbocycles. The van der Waals surface area contributed by atoms with Gasteiger partial charge in [-0.05, 0) is 26.7 Å². The number of hydrogen-bond donors (Lipinski definition) is 1. The molecule has 0 radical (unpaired) electrons. The molecule has 98 valence electrons. The summed E-state index contributed by atoms with van der Waals surface area (Å²) in [6.45, 7) is 6.86. The molecule has 0 saturated heterocycles. The highest BCUT2D eigenvalue weighted by atomic mass is 16.4. The lowest BCUT2D eigenvalue weighted by Gasteiger charge is -2.27. The van der Waals surface area contributed by atoms with Crippen molar-refractivity contribution in [2.24, 2.45) is 11.8 Å². The molecule has 1 fully saturated rings. The minimum Gasteiger partial charge on any atom is -0.481 e. The second kappa shape index (κ2) is 6.03. The summed E-state index contributed by atoms with van der Waals surface area (Å²) in [5.74, 6) is -1.50. The van der Waals surface area contributed by atoms with Crippen LogP contribution in [-0.4, -0.2) is 34.5 Å². The summed E-state index contributed by atoms with van der Waals surface area (Å²) in [5, 5.41) is 8.84. The molecule has 0 heterocycles. The van der Waals surface area contributed by atoms with Crippen LogP contribution in [0.4, 0.5) is 0 Å². The third-order valence-electron chi connectivity index (χ3n) is 3.33. The Morgan fingerprint density at radius 3 is 2.35 bits per heavy atom. The van der Waals surface area contributed by atoms with Crippen molar-refractivity contribution in [2.75, 3.05) is 6.54 Å². The van der Waals surface area contributed by atoms with Crippen LogP contribution in [0.25, 0.3) is 0 Å². The van der Waals surface area contributed by atoms with Crippen molar-refractivity contribution in [2.45, 2.75) is 52.5 Å². The second-order valence-corrected chi connectivity index (χ2v) is 5.12. The Labute approximate surface area is 103 Å². The zero-order valence-corrected chi connectivity index (χ0v) is 11.0. The van der Waals surface area contributed by atoms with Gasteiger partial charge in [0.25, 0.3) is 0 Å². The number of carboxylic acids is 1. The van der Waals surface area contributed by atoms with Crippen LogP contribution in [0.15, 0.2) is 0 Å². The number of amides is 1. The topological polar surface area (TPSA) is 57.6 Å². The molecular formula is C13H23NO3. The van der Waals surface area contributed by atoms with Crippen molar-refractivity contribution >= 4 is 11.9 Å². The molecule has 1 rings (SSSR count). The van der Waals surface area contributed by atoms with E-state index in [0.717, 1.165) is 25.8 Å². The zero-order chi connectivity index (χ0) is 13.0. The number of hydrogen-bond acceptors (Lipinski definition) is 2. The van der Waals surface area contributed by atoms with Crippen LogP contribution in [0.5, 0.6) is 0 Å². The number of rotatable bonds is 7. The van der Waals surface area contributed by atoms with Crippen LogP contribution >= 0.6 is 0 Å². The Bertz CT molecular complexity index is 288. The van der Waals surface area contributed by atoms with E-state index in [1.165, 1.54) is 0 Å². The number of carbonyl (C=O) groups is 2. The first-order valence-electron chi connectivity index (χ1n) is 6.52. The molecule has 0 bridgehead atoms. The van der Waals surface area contributed by atoms with E-state index >= 15 is 0 Å². The lowest BCUT2D eigenvalue weighted by Crippen LogP contribution is -2.39. The first kappa shape index (κ1) is 14.0. The van der Waals surface area contributed by atoms with E-state index in [1.807, 2.05) is 18.7 Å². The third-order valence-corrected chi connectivity index (χ3v) is 3.33. The van der Waals surface area contributed by atoms with Gasteiger partial charge in [0.15, 0.2) is 0 Å². The van der Waals surface area contributed by atoms with Crippen LogP contribution in [-0.2, 0) is 9.59 Å². The van der Waals surface area contributed by atoms with Crippen LogP contribution in [0.3, 0.4) is 0 Å². The monoisotopic (exact) mass is 241 g/mol. The third kappa shape index (κ3) is 3.72. The van der Waals surface area contributed by atoms with Crippen LogP contribution in [0, 0.1) is 11.8 Å². The molecule has 1 aliphatic carbocycles. The Hall–Kier alpha value is -1.06. The molecule has 0 aromatic rings. The maximum Gasteiger partial charge on any atom is 0.307 e. The number of aliphatic carboxylic acids is 1. The Morgan fingerprint density at radius 2 is 1.94 bits per heavy atom. The van der Waals surface area contributed by atoms with Gasteiger partial charge < -0.3 is 10.0 Å². The van der Waals surface area contributed by atoms with Gasteiger partial charge in [-0.1, -0.05) is 19.8 Å². The highest BCUT2D eigenvalue weighted by Crippen LogP contribution is 2.40. The zero-order valence-electron chi connectivity index (χ0n) is 11.0. The molecule has 0 spiro atoms. The van der Waals surface area contributed by atoms with Gasteiger partial charge in [-0.15, -0.1) is 0 Å². The highest BCUT2D eigenvalue weighted by molar-refractivity contribution is 5.89. The fraction of sp³-hybridized carbons (Fsp3) is 0.846. The number of carboxylic acid groups (broad SMARTS) is 1. The fourth-order valence-corrected chi connectivity index (χ4v) is 2.11. The van der Waals surface area contributed by atoms with Crippen LogP contribution in [0.2, 0.25) is 0 Å². The molecule has 1 aliphatic rings. The van der Waals surface area contributed by atoms with Crippen molar-refractivity contribution in [3.8, 4) is 0 Å². The van der Waals surface area contributed by atoms with Crippen molar-refractivity contribution in [1.29, 1.82) is 0 Å². The average Bonchev–Trinajstić information content (AvgIpc) is 3.02. The van der Waals surface area contributed by atoms with Gasteiger partial charge in [0, 0.05) is 12.6 Å². The molecule has 0 unspecified atom stereocenters. The summed E-state index contributed by atoms with van der Waals surface area (Å²) in [7, 11) is 0. The minimum absolute atomic E-state index is 0.0310. The molecule has 1 N–H and O–H groups in total. The van der Waals surface area contributed by atoms with Gasteiger partial charge in [-0.2, -0.15) is 0 Å². The number of nitrogens with zero attached hydrogens (tertiary/aromatic N) is 1. The summed E-state index contributed by atoms with van der Waals surface area (Å²) < 4.78 is 0. The van der Waals surface area contributed by atoms with Gasteiger partial charge in [-0.25, -0.2) is 0 Å². The van der Waals surface area contributed by atoms with E-state index in [2.05, 4.69) is 6.92 Å². The van der Waals surface area contributed by atoms with Crippen molar-refractivity contribution < 1.29 is 14.7 Å². The van der Waals surface area contributed by atoms with E-state index < -0.39 is 11.9 Å². The lowest BCUT2D eigenvalue weighted by molar-refractivity contribution is -0.142. The summed E-state index contributed by atoms with van der Waals surface area (Å²) in [4.78, 5) is 24.7. The maximum atomic E-state index is 12.1. The minimum atomic E-state index is -0.833. The Morgan fingerprint density at radius 1 is 1.29 bits per heavy atom. The highest BCUT2D eigenvalue weighted by Gasteiger charge is 2.49. The first-order chi connectivity index (χ1) is 7.99. The average molecular weight is 241 g/mol. The van der Waals surface area contributed by atoms with E-state index in [-0.39, 0.29) is 17.9 Å². The van der Waals surface area contributed by atoms with Gasteiger partial charge in [0.1, 0.15) is 0 Å². The van der Waals surface area contributed by atoms with Gasteiger partial charge in [0.2, 0.25) is 5.91 Å². The fourth-order valence-electron chi connectivity index (χ4n) is 2.11. The van der Waals surface area contributed by atoms with E-state index in [1.54, 1.807) is 0 Å². The normalized spacial score (nSPS) is 22.6. The van der Waals surface area contributed by atoms with Gasteiger partial charge in [-0.3, -0.25) is 9.59 Å². The maximum absolute atomic E-state index is 12.1. The molecule has 4 nitrogen and oxygen atoms in total. The molecule has 0 aliphatic heterocycles. The number of carbonyl (C=O) groups excluding carboxylic acids is 1. The molecule has 0 aromatic carbocycles. The van der Waals surface area contributed by atoms with E-state index in [4.69, 9.17) is 5.11 Å². The largest absolute Gasteiger partial charge is 0.481 e. The number of unbranched alkanes of at least 4 members (excludes halogenated alkanes) is 2. The van der Waals surface area contributed by atoms with Crippen molar-refractivity contribution in [1.82, 2.24) is 4.90 Å². The smallest absolute Gasteiger partial charge is 0.307 e. The summed E-state index contributed by atoms with van der Waals surface area (Å²) in [6.07, 6.45) is 3.76. The standard InChI is InChI=1S/C13H23NO3/c1-4-5-6-7-14(9(2)3)12(15)10-8-11(10)13(16)17/h9-11H,4-8H2,1-3H3,(H,16,17)/t10-,11+/m1/s1. The Balaban J connectivity index is 2.48. The van der Waals surface area contributed by atoms with Crippen molar-refractivity contribution in [3.63, 3.8) is 0 Å². The second-order valence-electron chi connectivity index (χ2n) is 5.12. The first-order valence-corrected chi connectivity index (χ1v) is 6.52. The molecule has 1 amide bonds. The van der Waals surface area contributed by atoms with E-state index in [9.17, 15) is 9.59 Å². The summed E-state index contributed by atoms with van der Waals surface area (Å²) >= 11 is 0. The quantitative estimate of drug-likeness (QED) is 0.695. The molecule has 0 aromatic heterocycles. The molecule has 4 heteroatoms. The summed E-state index contributed by atoms with van der Waals surface area (Å²) in [6, 6.07) is 0.161.